The molecular weight excluding hydrogens is 330 g/mol. The Morgan fingerprint density at radius 2 is 1.86 bits per heavy atom. The third kappa shape index (κ3) is 4.23. The van der Waals surface area contributed by atoms with Crippen molar-refractivity contribution < 1.29 is 19.0 Å². The number of ether oxygens (including phenoxy) is 1. The molecule has 0 saturated carbocycles. The van der Waals surface area contributed by atoms with E-state index in [4.69, 9.17) is 33.0 Å². The minimum absolute atomic E-state index is 0.0174. The first-order chi connectivity index (χ1) is 10.5. The van der Waals surface area contributed by atoms with Gasteiger partial charge in [0, 0.05) is 11.6 Å². The highest BCUT2D eigenvalue weighted by molar-refractivity contribution is 6.37. The van der Waals surface area contributed by atoms with E-state index in [2.05, 4.69) is 0 Å². The maximum atomic E-state index is 13.5. The Balaban J connectivity index is 2.18. The summed E-state index contributed by atoms with van der Waals surface area (Å²) >= 11 is 12.1. The van der Waals surface area contributed by atoms with Crippen molar-refractivity contribution in [1.29, 1.82) is 0 Å². The van der Waals surface area contributed by atoms with Crippen molar-refractivity contribution >= 4 is 35.2 Å². The summed E-state index contributed by atoms with van der Waals surface area (Å²) in [6, 6.07) is 9.25. The fourth-order valence-corrected chi connectivity index (χ4v) is 2.36. The molecule has 0 aromatic heterocycles. The van der Waals surface area contributed by atoms with Crippen LogP contribution in [0.4, 0.5) is 4.39 Å². The van der Waals surface area contributed by atoms with Gasteiger partial charge >= 0.3 is 5.97 Å². The normalized spacial score (nSPS) is 10.9. The van der Waals surface area contributed by atoms with Gasteiger partial charge in [0.1, 0.15) is 12.4 Å². The van der Waals surface area contributed by atoms with E-state index in [9.17, 15) is 9.18 Å². The summed E-state index contributed by atoms with van der Waals surface area (Å²) in [5.41, 5.74) is 0.903. The number of hydrogen-bond donors (Lipinski definition) is 1. The lowest BCUT2D eigenvalue weighted by molar-refractivity contribution is -0.131. The minimum Gasteiger partial charge on any atom is -0.486 e. The van der Waals surface area contributed by atoms with Crippen molar-refractivity contribution in [3.63, 3.8) is 0 Å². The van der Waals surface area contributed by atoms with Crippen molar-refractivity contribution in [2.75, 3.05) is 0 Å². The zero-order chi connectivity index (χ0) is 16.1. The van der Waals surface area contributed by atoms with Crippen LogP contribution in [0.5, 0.6) is 5.75 Å². The van der Waals surface area contributed by atoms with Crippen LogP contribution in [0.2, 0.25) is 10.0 Å². The highest BCUT2D eigenvalue weighted by atomic mass is 35.5. The van der Waals surface area contributed by atoms with Gasteiger partial charge < -0.3 is 9.84 Å². The van der Waals surface area contributed by atoms with E-state index >= 15 is 0 Å². The van der Waals surface area contributed by atoms with Gasteiger partial charge in [-0.1, -0.05) is 41.4 Å². The molecular formula is C16H11Cl2FO3. The van der Waals surface area contributed by atoms with E-state index in [0.717, 1.165) is 6.08 Å². The van der Waals surface area contributed by atoms with E-state index in [1.165, 1.54) is 24.3 Å². The van der Waals surface area contributed by atoms with Crippen LogP contribution in [-0.2, 0) is 11.4 Å². The first kappa shape index (κ1) is 16.3. The van der Waals surface area contributed by atoms with Crippen LogP contribution in [0.3, 0.4) is 0 Å². The summed E-state index contributed by atoms with van der Waals surface area (Å²) in [6.45, 7) is -0.0174. The fraction of sp³-hybridized carbons (Fsp3) is 0.0625. The van der Waals surface area contributed by atoms with Crippen LogP contribution in [0.25, 0.3) is 6.08 Å². The number of carbonyl (C=O) groups is 1. The summed E-state index contributed by atoms with van der Waals surface area (Å²) < 4.78 is 19.0. The Labute approximate surface area is 136 Å². The summed E-state index contributed by atoms with van der Waals surface area (Å²) in [5, 5.41) is 9.02. The Hall–Kier alpha value is -2.04. The first-order valence-corrected chi connectivity index (χ1v) is 6.99. The van der Waals surface area contributed by atoms with Crippen molar-refractivity contribution in [1.82, 2.24) is 0 Å². The third-order valence-electron chi connectivity index (χ3n) is 2.77. The standard InChI is InChI=1S/C16H11Cl2FO3/c17-12-7-10(5-6-15(20)21)8-13(18)16(12)22-9-11-3-1-2-4-14(11)19/h1-8H,9H2,(H,20,21). The number of aliphatic carboxylic acids is 1. The van der Waals surface area contributed by atoms with E-state index in [1.54, 1.807) is 18.2 Å². The third-order valence-corrected chi connectivity index (χ3v) is 3.33. The number of hydrogen-bond acceptors (Lipinski definition) is 2. The molecule has 0 atom stereocenters. The van der Waals surface area contributed by atoms with Crippen LogP contribution in [-0.4, -0.2) is 11.1 Å². The smallest absolute Gasteiger partial charge is 0.328 e. The van der Waals surface area contributed by atoms with E-state index in [1.807, 2.05) is 0 Å². The van der Waals surface area contributed by atoms with Crippen molar-refractivity contribution in [2.24, 2.45) is 0 Å². The quantitative estimate of drug-likeness (QED) is 0.794. The lowest BCUT2D eigenvalue weighted by Gasteiger charge is -2.11. The Bertz CT molecular complexity index is 706. The molecule has 1 N–H and O–H groups in total. The number of carboxylic acid groups (broad SMARTS) is 1. The minimum atomic E-state index is -1.08. The molecule has 2 aromatic rings. The maximum absolute atomic E-state index is 13.5. The first-order valence-electron chi connectivity index (χ1n) is 6.23. The average molecular weight is 341 g/mol. The summed E-state index contributed by atoms with van der Waals surface area (Å²) in [7, 11) is 0. The second kappa shape index (κ2) is 7.29. The van der Waals surface area contributed by atoms with Crippen molar-refractivity contribution in [2.45, 2.75) is 6.61 Å². The molecule has 0 spiro atoms. The molecule has 2 aromatic carbocycles. The van der Waals surface area contributed by atoms with Gasteiger partial charge in [-0.3, -0.25) is 0 Å². The zero-order valence-corrected chi connectivity index (χ0v) is 12.7. The molecule has 0 aliphatic heterocycles. The molecule has 6 heteroatoms. The Morgan fingerprint density at radius 1 is 1.23 bits per heavy atom. The molecule has 2 rings (SSSR count). The molecule has 0 heterocycles. The van der Waals surface area contributed by atoms with E-state index < -0.39 is 5.97 Å². The average Bonchev–Trinajstić information content (AvgIpc) is 2.46. The molecule has 22 heavy (non-hydrogen) atoms. The monoisotopic (exact) mass is 340 g/mol. The van der Waals surface area contributed by atoms with Gasteiger partial charge in [-0.25, -0.2) is 9.18 Å². The fourth-order valence-electron chi connectivity index (χ4n) is 1.75. The SMILES string of the molecule is O=C(O)C=Cc1cc(Cl)c(OCc2ccccc2F)c(Cl)c1. The van der Waals surface area contributed by atoms with Gasteiger partial charge in [0.2, 0.25) is 0 Å². The Morgan fingerprint density at radius 3 is 2.45 bits per heavy atom. The summed E-state index contributed by atoms with van der Waals surface area (Å²) in [4.78, 5) is 10.5. The van der Waals surface area contributed by atoms with Gasteiger partial charge in [-0.15, -0.1) is 0 Å². The topological polar surface area (TPSA) is 46.5 Å². The Kier molecular flexibility index (Phi) is 5.41. The van der Waals surface area contributed by atoms with Gasteiger partial charge in [0.05, 0.1) is 10.0 Å². The molecule has 0 aliphatic carbocycles. The van der Waals surface area contributed by atoms with E-state index in [0.29, 0.717) is 11.1 Å². The molecule has 0 fully saturated rings. The maximum Gasteiger partial charge on any atom is 0.328 e. The molecule has 0 saturated heterocycles. The summed E-state index contributed by atoms with van der Waals surface area (Å²) in [5.74, 6) is -1.23. The molecule has 114 valence electrons. The predicted molar refractivity (Wildman–Crippen MR) is 83.9 cm³/mol. The molecule has 3 nitrogen and oxygen atoms in total. The van der Waals surface area contributed by atoms with Gasteiger partial charge in [-0.2, -0.15) is 0 Å². The van der Waals surface area contributed by atoms with Crippen LogP contribution < -0.4 is 4.74 Å². The van der Waals surface area contributed by atoms with Gasteiger partial charge in [0.15, 0.2) is 5.75 Å². The number of benzene rings is 2. The number of halogens is 3. The highest BCUT2D eigenvalue weighted by Crippen LogP contribution is 2.35. The van der Waals surface area contributed by atoms with Crippen LogP contribution >= 0.6 is 23.2 Å². The van der Waals surface area contributed by atoms with Gasteiger partial charge in [0.25, 0.3) is 0 Å². The van der Waals surface area contributed by atoms with Crippen molar-refractivity contribution in [3.05, 3.63) is 69.5 Å². The van der Waals surface area contributed by atoms with Crippen molar-refractivity contribution in [3.8, 4) is 5.75 Å². The van der Waals surface area contributed by atoms with Crippen LogP contribution in [0.15, 0.2) is 42.5 Å². The lowest BCUT2D eigenvalue weighted by atomic mass is 10.2. The molecule has 0 radical (unpaired) electrons. The molecule has 0 amide bonds. The molecule has 0 bridgehead atoms. The lowest BCUT2D eigenvalue weighted by Crippen LogP contribution is -1.99. The second-order valence-corrected chi connectivity index (χ2v) is 5.18. The molecule has 0 unspecified atom stereocenters. The highest BCUT2D eigenvalue weighted by Gasteiger charge is 2.10. The number of carboxylic acids is 1. The predicted octanol–water partition coefficient (Wildman–Crippen LogP) is 4.81. The van der Waals surface area contributed by atoms with Crippen LogP contribution in [0, 0.1) is 5.82 Å². The summed E-state index contributed by atoms with van der Waals surface area (Å²) in [6.07, 6.45) is 2.34. The van der Waals surface area contributed by atoms with Crippen LogP contribution in [0.1, 0.15) is 11.1 Å². The second-order valence-electron chi connectivity index (χ2n) is 4.37. The zero-order valence-electron chi connectivity index (χ0n) is 11.2. The molecule has 0 aliphatic rings. The largest absolute Gasteiger partial charge is 0.486 e. The van der Waals surface area contributed by atoms with E-state index in [-0.39, 0.29) is 28.2 Å². The van der Waals surface area contributed by atoms with Gasteiger partial charge in [-0.05, 0) is 29.8 Å². The number of rotatable bonds is 5.